The zero-order chi connectivity index (χ0) is 18.7. The van der Waals surface area contributed by atoms with Gasteiger partial charge < -0.3 is 19.5 Å². The number of hydrogen-bond acceptors (Lipinski definition) is 4. The number of amides is 1. The maximum absolute atomic E-state index is 13.5. The van der Waals surface area contributed by atoms with Gasteiger partial charge in [-0.05, 0) is 31.9 Å². The number of carboxylic acids is 1. The first-order chi connectivity index (χ1) is 12.5. The highest BCUT2D eigenvalue weighted by Gasteiger charge is 2.44. The molecule has 2 aliphatic rings. The van der Waals surface area contributed by atoms with Crippen molar-refractivity contribution in [3.05, 3.63) is 29.3 Å². The highest BCUT2D eigenvalue weighted by molar-refractivity contribution is 5.88. The molecule has 1 heterocycles. The molecule has 0 radical (unpaired) electrons. The zero-order valence-electron chi connectivity index (χ0n) is 15.5. The molecule has 1 fully saturated rings. The van der Waals surface area contributed by atoms with Gasteiger partial charge in [0.25, 0.3) is 0 Å². The number of nitrogens with zero attached hydrogens (tertiary/aromatic N) is 1. The quantitative estimate of drug-likeness (QED) is 0.892. The maximum atomic E-state index is 13.5. The van der Waals surface area contributed by atoms with Crippen LogP contribution in [-0.2, 0) is 16.1 Å². The minimum atomic E-state index is -0.983. The number of carbonyl (C=O) groups excluding carboxylic acids is 1. The van der Waals surface area contributed by atoms with Gasteiger partial charge in [-0.3, -0.25) is 4.79 Å². The molecule has 0 aromatic heterocycles. The highest BCUT2D eigenvalue weighted by atomic mass is 16.5. The number of fused-ring (bicyclic) bond motifs is 1. The lowest BCUT2D eigenvalue weighted by molar-refractivity contribution is -0.151. The fourth-order valence-electron chi connectivity index (χ4n) is 4.09. The van der Waals surface area contributed by atoms with E-state index in [1.54, 1.807) is 25.3 Å². The Labute approximate surface area is 154 Å². The Morgan fingerprint density at radius 1 is 1.31 bits per heavy atom. The molecule has 1 aromatic rings. The third-order valence-electron chi connectivity index (χ3n) is 5.61. The third kappa shape index (κ3) is 3.56. The molecule has 0 bridgehead atoms. The number of methoxy groups -OCH3 is 1. The Morgan fingerprint density at radius 3 is 2.69 bits per heavy atom. The van der Waals surface area contributed by atoms with Crippen molar-refractivity contribution in [2.45, 2.75) is 51.6 Å². The van der Waals surface area contributed by atoms with Crippen molar-refractivity contribution < 1.29 is 24.2 Å². The highest BCUT2D eigenvalue weighted by Crippen LogP contribution is 2.40. The summed E-state index contributed by atoms with van der Waals surface area (Å²) < 4.78 is 11.3. The molecule has 1 aliphatic heterocycles. The molecule has 6 heteroatoms. The van der Waals surface area contributed by atoms with Crippen molar-refractivity contribution in [2.75, 3.05) is 20.3 Å². The van der Waals surface area contributed by atoms with E-state index in [1.165, 1.54) is 0 Å². The summed E-state index contributed by atoms with van der Waals surface area (Å²) >= 11 is 0. The summed E-state index contributed by atoms with van der Waals surface area (Å²) in [5, 5.41) is 9.18. The zero-order valence-corrected chi connectivity index (χ0v) is 15.5. The average Bonchev–Trinajstić information content (AvgIpc) is 2.80. The second kappa shape index (κ2) is 7.66. The van der Waals surface area contributed by atoms with Crippen LogP contribution in [0.2, 0.25) is 0 Å². The van der Waals surface area contributed by atoms with Crippen LogP contribution in [0.5, 0.6) is 5.75 Å². The second-order valence-corrected chi connectivity index (χ2v) is 7.49. The Balaban J connectivity index is 1.88. The van der Waals surface area contributed by atoms with E-state index in [0.29, 0.717) is 25.5 Å². The van der Waals surface area contributed by atoms with Crippen LogP contribution in [-0.4, -0.2) is 48.2 Å². The van der Waals surface area contributed by atoms with Crippen LogP contribution in [0.3, 0.4) is 0 Å². The van der Waals surface area contributed by atoms with E-state index in [1.807, 2.05) is 11.8 Å². The molecule has 1 aromatic carbocycles. The number of carboxylic acid groups (broad SMARTS) is 1. The van der Waals surface area contributed by atoms with Crippen molar-refractivity contribution in [1.82, 2.24) is 4.90 Å². The van der Waals surface area contributed by atoms with E-state index < -0.39 is 11.4 Å². The molecule has 3 rings (SSSR count). The van der Waals surface area contributed by atoms with Gasteiger partial charge in [0.05, 0.1) is 23.6 Å². The monoisotopic (exact) mass is 361 g/mol. The minimum absolute atomic E-state index is 0.0844. The summed E-state index contributed by atoms with van der Waals surface area (Å²) in [6.45, 7) is 3.21. The predicted molar refractivity (Wildman–Crippen MR) is 96.3 cm³/mol. The first kappa shape index (κ1) is 18.7. The van der Waals surface area contributed by atoms with Crippen LogP contribution in [0.15, 0.2) is 18.2 Å². The Bertz CT molecular complexity index is 675. The second-order valence-electron chi connectivity index (χ2n) is 7.49. The number of ether oxygens (including phenoxy) is 2. The molecule has 1 aliphatic carbocycles. The van der Waals surface area contributed by atoms with Crippen molar-refractivity contribution in [2.24, 2.45) is 5.41 Å². The SMILES string of the molecule is COCC1(C(=O)N2Cc3ccc(C(=O)O)cc3OC[C@@H]2C)CCCCC1. The van der Waals surface area contributed by atoms with Gasteiger partial charge in [0.15, 0.2) is 0 Å². The van der Waals surface area contributed by atoms with Gasteiger partial charge in [0, 0.05) is 19.2 Å². The van der Waals surface area contributed by atoms with E-state index in [0.717, 1.165) is 37.7 Å². The number of rotatable bonds is 4. The van der Waals surface area contributed by atoms with Crippen LogP contribution >= 0.6 is 0 Å². The van der Waals surface area contributed by atoms with Crippen LogP contribution in [0.4, 0.5) is 0 Å². The summed E-state index contributed by atoms with van der Waals surface area (Å²) in [6.07, 6.45) is 4.97. The van der Waals surface area contributed by atoms with E-state index in [2.05, 4.69) is 0 Å². The van der Waals surface area contributed by atoms with Gasteiger partial charge in [-0.15, -0.1) is 0 Å². The molecular formula is C20H27NO5. The van der Waals surface area contributed by atoms with Crippen LogP contribution < -0.4 is 4.74 Å². The lowest BCUT2D eigenvalue weighted by Crippen LogP contribution is -2.51. The fraction of sp³-hybridized carbons (Fsp3) is 0.600. The molecule has 6 nitrogen and oxygen atoms in total. The van der Waals surface area contributed by atoms with Crippen molar-refractivity contribution in [1.29, 1.82) is 0 Å². The molecule has 0 saturated heterocycles. The van der Waals surface area contributed by atoms with Gasteiger partial charge in [0.2, 0.25) is 5.91 Å². The van der Waals surface area contributed by atoms with Gasteiger partial charge in [-0.1, -0.05) is 25.3 Å². The van der Waals surface area contributed by atoms with E-state index in [9.17, 15) is 14.7 Å². The lowest BCUT2D eigenvalue weighted by Gasteiger charge is -2.40. The van der Waals surface area contributed by atoms with E-state index in [-0.39, 0.29) is 17.5 Å². The first-order valence-corrected chi connectivity index (χ1v) is 9.26. The third-order valence-corrected chi connectivity index (χ3v) is 5.61. The molecule has 26 heavy (non-hydrogen) atoms. The minimum Gasteiger partial charge on any atom is -0.491 e. The predicted octanol–water partition coefficient (Wildman–Crippen LogP) is 3.09. The van der Waals surface area contributed by atoms with Crippen LogP contribution in [0, 0.1) is 5.41 Å². The lowest BCUT2D eigenvalue weighted by atomic mass is 9.73. The topological polar surface area (TPSA) is 76.1 Å². The average molecular weight is 361 g/mol. The number of carbonyl (C=O) groups is 2. The van der Waals surface area contributed by atoms with Crippen molar-refractivity contribution in [3.8, 4) is 5.75 Å². The summed E-state index contributed by atoms with van der Waals surface area (Å²) in [5.41, 5.74) is 0.586. The fourth-order valence-corrected chi connectivity index (χ4v) is 4.09. The van der Waals surface area contributed by atoms with Gasteiger partial charge >= 0.3 is 5.97 Å². The molecule has 0 spiro atoms. The maximum Gasteiger partial charge on any atom is 0.335 e. The summed E-state index contributed by atoms with van der Waals surface area (Å²) in [4.78, 5) is 26.6. The van der Waals surface area contributed by atoms with Gasteiger partial charge in [-0.25, -0.2) is 4.79 Å². The Kier molecular flexibility index (Phi) is 5.51. The van der Waals surface area contributed by atoms with Crippen molar-refractivity contribution >= 4 is 11.9 Å². The standard InChI is InChI=1S/C20H27NO5/c1-14-12-26-17-10-15(18(22)23)6-7-16(17)11-21(14)19(24)20(13-25-2)8-4-3-5-9-20/h6-7,10,14H,3-5,8-9,11-13H2,1-2H3,(H,22,23)/t14-/m0/s1. The summed E-state index contributed by atoms with van der Waals surface area (Å²) in [6, 6.07) is 4.78. The molecular weight excluding hydrogens is 334 g/mol. The Morgan fingerprint density at radius 2 is 2.04 bits per heavy atom. The molecule has 142 valence electrons. The van der Waals surface area contributed by atoms with Crippen LogP contribution in [0.1, 0.15) is 54.9 Å². The number of benzene rings is 1. The number of aromatic carboxylic acids is 1. The summed E-state index contributed by atoms with van der Waals surface area (Å²) in [7, 11) is 1.65. The number of hydrogen-bond donors (Lipinski definition) is 1. The molecule has 0 unspecified atom stereocenters. The van der Waals surface area contributed by atoms with E-state index >= 15 is 0 Å². The smallest absolute Gasteiger partial charge is 0.335 e. The largest absolute Gasteiger partial charge is 0.491 e. The molecule has 1 N–H and O–H groups in total. The van der Waals surface area contributed by atoms with E-state index in [4.69, 9.17) is 9.47 Å². The van der Waals surface area contributed by atoms with Crippen molar-refractivity contribution in [3.63, 3.8) is 0 Å². The van der Waals surface area contributed by atoms with Gasteiger partial charge in [0.1, 0.15) is 12.4 Å². The normalized spacial score (nSPS) is 22.1. The molecule has 1 amide bonds. The molecule has 1 atom stereocenters. The summed E-state index contributed by atoms with van der Waals surface area (Å²) in [5.74, 6) is -0.301. The Hall–Kier alpha value is -2.08. The van der Waals surface area contributed by atoms with Gasteiger partial charge in [-0.2, -0.15) is 0 Å². The first-order valence-electron chi connectivity index (χ1n) is 9.26. The van der Waals surface area contributed by atoms with Crippen LogP contribution in [0.25, 0.3) is 0 Å². The molecule has 1 saturated carbocycles.